The predicted molar refractivity (Wildman–Crippen MR) is 81.3 cm³/mol. The zero-order chi connectivity index (χ0) is 13.8. The van der Waals surface area contributed by atoms with Crippen molar-refractivity contribution in [2.45, 2.75) is 45.4 Å². The number of aliphatic hydroxyl groups excluding tert-OH is 1. The molecule has 2 unspecified atom stereocenters. The van der Waals surface area contributed by atoms with Crippen LogP contribution >= 0.6 is 0 Å². The Labute approximate surface area is 115 Å². The van der Waals surface area contributed by atoms with E-state index in [9.17, 15) is 5.11 Å². The summed E-state index contributed by atoms with van der Waals surface area (Å²) in [5, 5.41) is 16.3. The number of fused-ring (bicyclic) bond motifs is 1. The smallest absolute Gasteiger partial charge is 0.0943 e. The van der Waals surface area contributed by atoms with Crippen LogP contribution in [0.25, 0.3) is 10.8 Å². The largest absolute Gasteiger partial charge is 0.387 e. The lowest BCUT2D eigenvalue weighted by Crippen LogP contribution is -2.38. The summed E-state index contributed by atoms with van der Waals surface area (Å²) in [6.45, 7) is 6.32. The van der Waals surface area contributed by atoms with Gasteiger partial charge in [-0.2, -0.15) is 0 Å². The maximum absolute atomic E-state index is 10.5. The zero-order valence-electron chi connectivity index (χ0n) is 11.9. The van der Waals surface area contributed by atoms with Gasteiger partial charge in [-0.25, -0.2) is 0 Å². The van der Waals surface area contributed by atoms with Gasteiger partial charge in [0.1, 0.15) is 0 Å². The predicted octanol–water partition coefficient (Wildman–Crippen LogP) is 3.65. The Hall–Kier alpha value is -1.38. The highest BCUT2D eigenvalue weighted by Gasteiger charge is 2.19. The molecule has 0 aliphatic rings. The van der Waals surface area contributed by atoms with Crippen LogP contribution in [0.4, 0.5) is 0 Å². The summed E-state index contributed by atoms with van der Waals surface area (Å²) in [5.41, 5.74) is 0.985. The van der Waals surface area contributed by atoms with Gasteiger partial charge >= 0.3 is 0 Å². The topological polar surface area (TPSA) is 32.3 Å². The second kappa shape index (κ2) is 6.18. The molecule has 2 heteroatoms. The maximum atomic E-state index is 10.5. The van der Waals surface area contributed by atoms with Crippen LogP contribution in [0, 0.1) is 0 Å². The summed E-state index contributed by atoms with van der Waals surface area (Å²) in [6.07, 6.45) is 0.448. The average molecular weight is 257 g/mol. The first kappa shape index (κ1) is 14.0. The number of aliphatic hydroxyl groups is 1. The van der Waals surface area contributed by atoms with Gasteiger partial charge in [-0.15, -0.1) is 0 Å². The van der Waals surface area contributed by atoms with Gasteiger partial charge in [0.15, 0.2) is 0 Å². The second-order valence-corrected chi connectivity index (χ2v) is 5.39. The Balaban J connectivity index is 2.26. The van der Waals surface area contributed by atoms with Gasteiger partial charge in [0.05, 0.1) is 6.10 Å². The number of nitrogens with one attached hydrogen (secondary N) is 1. The summed E-state index contributed by atoms with van der Waals surface area (Å²) in [5.74, 6) is 0. The van der Waals surface area contributed by atoms with Crippen molar-refractivity contribution in [2.75, 3.05) is 0 Å². The van der Waals surface area contributed by atoms with E-state index in [0.717, 1.165) is 12.0 Å². The third-order valence-electron chi connectivity index (χ3n) is 3.48. The van der Waals surface area contributed by atoms with Crippen molar-refractivity contribution < 1.29 is 5.11 Å². The third kappa shape index (κ3) is 3.34. The molecule has 0 spiro atoms. The van der Waals surface area contributed by atoms with Crippen LogP contribution in [0.5, 0.6) is 0 Å². The van der Waals surface area contributed by atoms with Crippen LogP contribution in [0.1, 0.15) is 38.9 Å². The van der Waals surface area contributed by atoms with Crippen LogP contribution in [-0.2, 0) is 0 Å². The molecule has 0 amide bonds. The van der Waals surface area contributed by atoms with Crippen molar-refractivity contribution >= 4 is 10.8 Å². The summed E-state index contributed by atoms with van der Waals surface area (Å²) in [6, 6.07) is 14.9. The molecule has 0 saturated heterocycles. The highest BCUT2D eigenvalue weighted by Crippen LogP contribution is 2.23. The van der Waals surface area contributed by atoms with Gasteiger partial charge in [0.2, 0.25) is 0 Å². The molecule has 0 aliphatic carbocycles. The van der Waals surface area contributed by atoms with Crippen LogP contribution in [-0.4, -0.2) is 17.2 Å². The lowest BCUT2D eigenvalue weighted by atomic mass is 9.97. The molecular formula is C17H23NO. The molecule has 0 bridgehead atoms. The van der Waals surface area contributed by atoms with Gasteiger partial charge in [0.25, 0.3) is 0 Å². The van der Waals surface area contributed by atoms with Crippen molar-refractivity contribution in [3.63, 3.8) is 0 Å². The Morgan fingerprint density at radius 2 is 1.74 bits per heavy atom. The van der Waals surface area contributed by atoms with Gasteiger partial charge in [-0.3, -0.25) is 0 Å². The van der Waals surface area contributed by atoms with Crippen LogP contribution in [0.15, 0.2) is 42.5 Å². The quantitative estimate of drug-likeness (QED) is 0.857. The highest BCUT2D eigenvalue weighted by atomic mass is 16.3. The lowest BCUT2D eigenvalue weighted by Gasteiger charge is -2.25. The van der Waals surface area contributed by atoms with Crippen molar-refractivity contribution in [1.29, 1.82) is 0 Å². The van der Waals surface area contributed by atoms with Crippen LogP contribution in [0.2, 0.25) is 0 Å². The molecule has 0 heterocycles. The van der Waals surface area contributed by atoms with E-state index in [-0.39, 0.29) is 6.04 Å². The minimum atomic E-state index is -0.461. The molecule has 2 rings (SSSR count). The van der Waals surface area contributed by atoms with E-state index >= 15 is 0 Å². The first-order valence-electron chi connectivity index (χ1n) is 7.04. The van der Waals surface area contributed by atoms with Gasteiger partial charge in [-0.1, -0.05) is 57.2 Å². The SMILES string of the molecule is CCC(NC(C)C)C(O)c1ccc2ccccc2c1. The molecule has 0 aromatic heterocycles. The Kier molecular flexibility index (Phi) is 4.56. The van der Waals surface area contributed by atoms with E-state index in [1.54, 1.807) is 0 Å². The third-order valence-corrected chi connectivity index (χ3v) is 3.48. The van der Waals surface area contributed by atoms with Crippen molar-refractivity contribution in [3.05, 3.63) is 48.0 Å². The molecule has 0 fully saturated rings. The summed E-state index contributed by atoms with van der Waals surface area (Å²) >= 11 is 0. The number of hydrogen-bond acceptors (Lipinski definition) is 2. The van der Waals surface area contributed by atoms with E-state index < -0.39 is 6.10 Å². The number of benzene rings is 2. The molecule has 2 aromatic rings. The Morgan fingerprint density at radius 3 is 2.37 bits per heavy atom. The molecule has 102 valence electrons. The fraction of sp³-hybridized carbons (Fsp3) is 0.412. The van der Waals surface area contributed by atoms with Gasteiger partial charge < -0.3 is 10.4 Å². The average Bonchev–Trinajstić information content (AvgIpc) is 2.43. The second-order valence-electron chi connectivity index (χ2n) is 5.39. The normalized spacial score (nSPS) is 14.8. The highest BCUT2D eigenvalue weighted by molar-refractivity contribution is 5.83. The zero-order valence-corrected chi connectivity index (χ0v) is 11.9. The molecule has 19 heavy (non-hydrogen) atoms. The minimum absolute atomic E-state index is 0.0983. The maximum Gasteiger partial charge on any atom is 0.0943 e. The van der Waals surface area contributed by atoms with Crippen molar-refractivity contribution in [2.24, 2.45) is 0 Å². The molecule has 0 aliphatic heterocycles. The first-order valence-corrected chi connectivity index (χ1v) is 7.04. The van der Waals surface area contributed by atoms with Gasteiger partial charge in [0, 0.05) is 12.1 Å². The Bertz CT molecular complexity index is 536. The van der Waals surface area contributed by atoms with Crippen molar-refractivity contribution in [1.82, 2.24) is 5.32 Å². The summed E-state index contributed by atoms with van der Waals surface area (Å²) in [7, 11) is 0. The molecule has 2 nitrogen and oxygen atoms in total. The van der Waals surface area contributed by atoms with E-state index in [0.29, 0.717) is 6.04 Å². The minimum Gasteiger partial charge on any atom is -0.387 e. The number of hydrogen-bond donors (Lipinski definition) is 2. The van der Waals surface area contributed by atoms with Crippen molar-refractivity contribution in [3.8, 4) is 0 Å². The fourth-order valence-electron chi connectivity index (χ4n) is 2.48. The molecule has 0 saturated carbocycles. The van der Waals surface area contributed by atoms with Gasteiger partial charge in [-0.05, 0) is 28.8 Å². The molecule has 2 aromatic carbocycles. The van der Waals surface area contributed by atoms with E-state index in [2.05, 4.69) is 50.4 Å². The van der Waals surface area contributed by atoms with Crippen LogP contribution < -0.4 is 5.32 Å². The van der Waals surface area contributed by atoms with Crippen LogP contribution in [0.3, 0.4) is 0 Å². The monoisotopic (exact) mass is 257 g/mol. The fourth-order valence-corrected chi connectivity index (χ4v) is 2.48. The molecule has 0 radical (unpaired) electrons. The summed E-state index contributed by atoms with van der Waals surface area (Å²) < 4.78 is 0. The Morgan fingerprint density at radius 1 is 1.05 bits per heavy atom. The summed E-state index contributed by atoms with van der Waals surface area (Å²) in [4.78, 5) is 0. The lowest BCUT2D eigenvalue weighted by molar-refractivity contribution is 0.121. The molecule has 2 atom stereocenters. The van der Waals surface area contributed by atoms with E-state index in [1.807, 2.05) is 18.2 Å². The van der Waals surface area contributed by atoms with E-state index in [4.69, 9.17) is 0 Å². The van der Waals surface area contributed by atoms with E-state index in [1.165, 1.54) is 10.8 Å². The molecular weight excluding hydrogens is 234 g/mol. The standard InChI is InChI=1S/C17H23NO/c1-4-16(18-12(2)3)17(19)15-10-9-13-7-5-6-8-14(13)11-15/h5-12,16-19H,4H2,1-3H3. The number of rotatable bonds is 5. The molecule has 2 N–H and O–H groups in total. The first-order chi connectivity index (χ1) is 9.11.